The Bertz CT molecular complexity index is 1210. The van der Waals surface area contributed by atoms with Gasteiger partial charge in [-0.05, 0) is 22.3 Å². The SMILES string of the molecule is Cn1ncc(CNC(=O)OCC2c3ccccc3-c3ccccc32)c1C(=O)NC(CCO)C(=O)O. The smallest absolute Gasteiger partial charge is 0.407 e. The number of carbonyl (C=O) groups is 3. The molecule has 0 radical (unpaired) electrons. The zero-order valence-corrected chi connectivity index (χ0v) is 19.1. The Kier molecular flexibility index (Phi) is 7.11. The first-order chi connectivity index (χ1) is 16.9. The molecule has 3 aromatic rings. The summed E-state index contributed by atoms with van der Waals surface area (Å²) in [4.78, 5) is 36.4. The molecule has 10 nitrogen and oxygen atoms in total. The number of carboxylic acid groups (broad SMARTS) is 1. The predicted molar refractivity (Wildman–Crippen MR) is 126 cm³/mol. The summed E-state index contributed by atoms with van der Waals surface area (Å²) in [5.41, 5.74) is 4.96. The minimum absolute atomic E-state index is 0.0367. The molecule has 35 heavy (non-hydrogen) atoms. The van der Waals surface area contributed by atoms with Crippen LogP contribution in [0.2, 0.25) is 0 Å². The van der Waals surface area contributed by atoms with Gasteiger partial charge in [-0.15, -0.1) is 0 Å². The van der Waals surface area contributed by atoms with Crippen LogP contribution >= 0.6 is 0 Å². The molecule has 1 unspecified atom stereocenters. The van der Waals surface area contributed by atoms with Crippen LogP contribution < -0.4 is 10.6 Å². The Morgan fingerprint density at radius 3 is 2.31 bits per heavy atom. The number of hydrogen-bond donors (Lipinski definition) is 4. The lowest BCUT2D eigenvalue weighted by Gasteiger charge is -2.15. The van der Waals surface area contributed by atoms with E-state index in [0.717, 1.165) is 22.3 Å². The Balaban J connectivity index is 1.38. The molecule has 2 aromatic carbocycles. The van der Waals surface area contributed by atoms with Crippen molar-refractivity contribution in [1.29, 1.82) is 0 Å². The van der Waals surface area contributed by atoms with E-state index in [-0.39, 0.29) is 31.2 Å². The number of aryl methyl sites for hydroxylation is 1. The van der Waals surface area contributed by atoms with Gasteiger partial charge in [0.15, 0.2) is 0 Å². The Morgan fingerprint density at radius 1 is 1.09 bits per heavy atom. The van der Waals surface area contributed by atoms with Gasteiger partial charge in [0, 0.05) is 31.6 Å². The van der Waals surface area contributed by atoms with Gasteiger partial charge in [-0.25, -0.2) is 9.59 Å². The first kappa shape index (κ1) is 24.0. The van der Waals surface area contributed by atoms with E-state index in [9.17, 15) is 19.5 Å². The maximum absolute atomic E-state index is 12.7. The molecular formula is C25H26N4O6. The topological polar surface area (TPSA) is 143 Å². The highest BCUT2D eigenvalue weighted by Gasteiger charge is 2.29. The largest absolute Gasteiger partial charge is 0.480 e. The molecule has 2 amide bonds. The van der Waals surface area contributed by atoms with E-state index in [1.807, 2.05) is 36.4 Å². The lowest BCUT2D eigenvalue weighted by molar-refractivity contribution is -0.139. The summed E-state index contributed by atoms with van der Waals surface area (Å²) in [7, 11) is 1.54. The molecule has 1 heterocycles. The number of aliphatic hydroxyl groups excluding tert-OH is 1. The maximum atomic E-state index is 12.7. The Hall–Kier alpha value is -4.18. The van der Waals surface area contributed by atoms with Crippen LogP contribution in [0.4, 0.5) is 4.79 Å². The fraction of sp³-hybridized carbons (Fsp3) is 0.280. The first-order valence-corrected chi connectivity index (χ1v) is 11.1. The van der Waals surface area contributed by atoms with Crippen molar-refractivity contribution in [3.63, 3.8) is 0 Å². The number of rotatable bonds is 9. The number of nitrogens with zero attached hydrogens (tertiary/aromatic N) is 2. The second-order valence-corrected chi connectivity index (χ2v) is 8.20. The van der Waals surface area contributed by atoms with Gasteiger partial charge in [0.25, 0.3) is 5.91 Å². The quantitative estimate of drug-likeness (QED) is 0.368. The fourth-order valence-corrected chi connectivity index (χ4v) is 4.34. The van der Waals surface area contributed by atoms with Crippen molar-refractivity contribution < 1.29 is 29.3 Å². The molecular weight excluding hydrogens is 452 g/mol. The van der Waals surface area contributed by atoms with Crippen molar-refractivity contribution in [2.75, 3.05) is 13.2 Å². The molecule has 4 rings (SSSR count). The molecule has 0 saturated carbocycles. The Labute approximate surface area is 201 Å². The van der Waals surface area contributed by atoms with Gasteiger partial charge >= 0.3 is 12.1 Å². The lowest BCUT2D eigenvalue weighted by atomic mass is 9.98. The summed E-state index contributed by atoms with van der Waals surface area (Å²) in [5, 5.41) is 27.3. The average molecular weight is 479 g/mol. The number of carbonyl (C=O) groups excluding carboxylic acids is 2. The normalized spacial score (nSPS) is 13.0. The van der Waals surface area contributed by atoms with E-state index < -0.39 is 30.6 Å². The summed E-state index contributed by atoms with van der Waals surface area (Å²) in [6.07, 6.45) is 0.637. The first-order valence-electron chi connectivity index (χ1n) is 11.1. The van der Waals surface area contributed by atoms with Gasteiger partial charge in [-0.3, -0.25) is 9.48 Å². The van der Waals surface area contributed by atoms with Crippen LogP contribution in [0.25, 0.3) is 11.1 Å². The standard InChI is InChI=1S/C25H26N4O6/c1-29-22(23(31)28-21(10-11-30)24(32)33)15(13-27-29)12-26-25(34)35-14-20-18-8-4-2-6-16(18)17-7-3-5-9-19(17)20/h2-9,13,20-21,30H,10-12,14H2,1H3,(H,26,34)(H,28,31)(H,32,33). The number of aliphatic carboxylic acids is 1. The number of aromatic nitrogens is 2. The highest BCUT2D eigenvalue weighted by Crippen LogP contribution is 2.44. The van der Waals surface area contributed by atoms with Gasteiger partial charge in [0.1, 0.15) is 18.3 Å². The summed E-state index contributed by atoms with van der Waals surface area (Å²) in [6.45, 7) is -0.272. The second-order valence-electron chi connectivity index (χ2n) is 8.20. The van der Waals surface area contributed by atoms with Gasteiger partial charge in [0.2, 0.25) is 0 Å². The van der Waals surface area contributed by atoms with Crippen LogP contribution in [0.3, 0.4) is 0 Å². The molecule has 0 saturated heterocycles. The molecule has 1 aliphatic rings. The van der Waals surface area contributed by atoms with Crippen molar-refractivity contribution in [1.82, 2.24) is 20.4 Å². The summed E-state index contributed by atoms with van der Waals surface area (Å²) >= 11 is 0. The van der Waals surface area contributed by atoms with E-state index in [4.69, 9.17) is 9.84 Å². The third kappa shape index (κ3) is 5.02. The van der Waals surface area contributed by atoms with Crippen molar-refractivity contribution in [2.45, 2.75) is 24.9 Å². The van der Waals surface area contributed by atoms with Crippen molar-refractivity contribution in [3.8, 4) is 11.1 Å². The van der Waals surface area contributed by atoms with Crippen LogP contribution in [-0.4, -0.2) is 57.2 Å². The van der Waals surface area contributed by atoms with Crippen molar-refractivity contribution in [3.05, 3.63) is 77.1 Å². The van der Waals surface area contributed by atoms with E-state index in [1.165, 1.54) is 17.9 Å². The predicted octanol–water partition coefficient (Wildman–Crippen LogP) is 2.02. The number of hydrogen-bond acceptors (Lipinski definition) is 6. The number of nitrogens with one attached hydrogen (secondary N) is 2. The van der Waals surface area contributed by atoms with Crippen LogP contribution in [-0.2, 0) is 23.1 Å². The van der Waals surface area contributed by atoms with Crippen molar-refractivity contribution in [2.24, 2.45) is 7.05 Å². The highest BCUT2D eigenvalue weighted by molar-refractivity contribution is 5.96. The number of alkyl carbamates (subject to hydrolysis) is 1. The second kappa shape index (κ2) is 10.4. The average Bonchev–Trinajstić information content (AvgIpc) is 3.38. The number of benzene rings is 2. The fourth-order valence-electron chi connectivity index (χ4n) is 4.34. The van der Waals surface area contributed by atoms with E-state index in [1.54, 1.807) is 0 Å². The van der Waals surface area contributed by atoms with E-state index in [0.29, 0.717) is 5.56 Å². The van der Waals surface area contributed by atoms with Gasteiger partial charge in [0.05, 0.1) is 12.7 Å². The van der Waals surface area contributed by atoms with E-state index >= 15 is 0 Å². The molecule has 1 atom stereocenters. The van der Waals surface area contributed by atoms with E-state index in [2.05, 4.69) is 27.9 Å². The number of amides is 2. The third-order valence-electron chi connectivity index (χ3n) is 6.02. The molecule has 4 N–H and O–H groups in total. The monoisotopic (exact) mass is 478 g/mol. The molecule has 0 fully saturated rings. The number of carboxylic acids is 1. The molecule has 0 bridgehead atoms. The minimum Gasteiger partial charge on any atom is -0.480 e. The lowest BCUT2D eigenvalue weighted by Crippen LogP contribution is -2.42. The molecule has 10 heteroatoms. The highest BCUT2D eigenvalue weighted by atomic mass is 16.5. The molecule has 182 valence electrons. The van der Waals surface area contributed by atoms with Gasteiger partial charge in [-0.2, -0.15) is 5.10 Å². The summed E-state index contributed by atoms with van der Waals surface area (Å²) in [5.74, 6) is -2.00. The molecule has 0 aliphatic heterocycles. The Morgan fingerprint density at radius 2 is 1.71 bits per heavy atom. The zero-order valence-electron chi connectivity index (χ0n) is 19.1. The van der Waals surface area contributed by atoms with Crippen molar-refractivity contribution >= 4 is 18.0 Å². The minimum atomic E-state index is -1.26. The maximum Gasteiger partial charge on any atom is 0.407 e. The van der Waals surface area contributed by atoms with Crippen LogP contribution in [0.1, 0.15) is 39.5 Å². The summed E-state index contributed by atoms with van der Waals surface area (Å²) < 4.78 is 6.81. The molecule has 1 aromatic heterocycles. The van der Waals surface area contributed by atoms with Crippen LogP contribution in [0, 0.1) is 0 Å². The van der Waals surface area contributed by atoms with Gasteiger partial charge < -0.3 is 25.6 Å². The zero-order chi connectivity index (χ0) is 24.9. The summed E-state index contributed by atoms with van der Waals surface area (Å²) in [6, 6.07) is 14.8. The number of aliphatic hydroxyl groups is 1. The van der Waals surface area contributed by atoms with Gasteiger partial charge in [-0.1, -0.05) is 48.5 Å². The van der Waals surface area contributed by atoms with Crippen LogP contribution in [0.5, 0.6) is 0 Å². The molecule has 0 spiro atoms. The van der Waals surface area contributed by atoms with Crippen LogP contribution in [0.15, 0.2) is 54.7 Å². The number of fused-ring (bicyclic) bond motifs is 3. The number of ether oxygens (including phenoxy) is 1. The molecule has 1 aliphatic carbocycles. The third-order valence-corrected chi connectivity index (χ3v) is 6.02.